The van der Waals surface area contributed by atoms with Gasteiger partial charge in [-0.15, -0.1) is 0 Å². The van der Waals surface area contributed by atoms with Crippen LogP contribution in [0.2, 0.25) is 10.3 Å². The minimum absolute atomic E-state index is 0.000222. The number of benzene rings is 4. The van der Waals surface area contributed by atoms with Crippen LogP contribution in [0, 0.1) is 54.8 Å². The molecule has 0 aliphatic carbocycles. The smallest absolute Gasteiger partial charge is 0.329 e. The molecule has 0 amide bonds. The molecule has 5 heterocycles. The Labute approximate surface area is 577 Å². The van der Waals surface area contributed by atoms with Crippen LogP contribution in [0.4, 0.5) is 11.6 Å². The lowest BCUT2D eigenvalue weighted by atomic mass is 9.95. The van der Waals surface area contributed by atoms with Gasteiger partial charge < -0.3 is 20.8 Å². The van der Waals surface area contributed by atoms with Crippen LogP contribution in [-0.4, -0.2) is 63.5 Å². The molecule has 0 saturated heterocycles. The third kappa shape index (κ3) is 19.3. The average molecular weight is 1370 g/mol. The lowest BCUT2D eigenvalue weighted by Crippen LogP contribution is -2.38. The lowest BCUT2D eigenvalue weighted by molar-refractivity contribution is 0.101. The maximum Gasteiger partial charge on any atom is 0.329 e. The van der Waals surface area contributed by atoms with Crippen molar-refractivity contribution < 1.29 is 19.1 Å². The van der Waals surface area contributed by atoms with E-state index in [9.17, 15) is 43.2 Å². The van der Waals surface area contributed by atoms with Crippen molar-refractivity contribution in [1.82, 2.24) is 39.0 Å². The average Bonchev–Trinajstić information content (AvgIpc) is 0.779. The number of hydrogen-bond acceptors (Lipinski definition) is 17. The Balaban J connectivity index is 0.000000217. The van der Waals surface area contributed by atoms with Gasteiger partial charge >= 0.3 is 17.1 Å². The Morgan fingerprint density at radius 2 is 0.939 bits per heavy atom. The largest absolute Gasteiger partial charge is 0.497 e. The minimum Gasteiger partial charge on any atom is -0.497 e. The molecular weight excluding hydrogens is 1300 g/mol. The van der Waals surface area contributed by atoms with Crippen LogP contribution in [-0.2, 0) is 19.6 Å². The van der Waals surface area contributed by atoms with E-state index in [-0.39, 0.29) is 80.7 Å². The van der Waals surface area contributed by atoms with E-state index in [2.05, 4.69) is 35.2 Å². The molecule has 9 aromatic rings. The summed E-state index contributed by atoms with van der Waals surface area (Å²) in [6.45, 7) is 16.5. The number of nitriles is 3. The molecule has 0 radical (unpaired) electrons. The van der Waals surface area contributed by atoms with Crippen LogP contribution >= 0.6 is 23.2 Å². The lowest BCUT2D eigenvalue weighted by Gasteiger charge is -2.18. The Kier molecular flexibility index (Phi) is 25.2. The Hall–Kier alpha value is -12.1. The molecule has 4 aromatic carbocycles. The fourth-order valence-corrected chi connectivity index (χ4v) is 11.4. The number of halogens is 2. The zero-order chi connectivity index (χ0) is 72.5. The highest BCUT2D eigenvalue weighted by atomic mass is 35.5. The normalized spacial score (nSPS) is 11.1. The molecule has 9 rings (SSSR count). The Morgan fingerprint density at radius 1 is 0.535 bits per heavy atom. The quantitative estimate of drug-likeness (QED) is 0.0234. The van der Waals surface area contributed by atoms with E-state index in [0.29, 0.717) is 56.9 Å². The summed E-state index contributed by atoms with van der Waals surface area (Å²) in [5.74, 6) is -0.918. The highest BCUT2D eigenvalue weighted by Crippen LogP contribution is 2.26. The van der Waals surface area contributed by atoms with E-state index in [1.165, 1.54) is 33.4 Å². The third-order valence-electron chi connectivity index (χ3n) is 15.0. The Morgan fingerprint density at radius 3 is 1.34 bits per heavy atom. The number of allylic oxidation sites excluding steroid dienone is 3. The van der Waals surface area contributed by atoms with Crippen LogP contribution < -0.4 is 49.5 Å². The van der Waals surface area contributed by atoms with Crippen molar-refractivity contribution in [2.45, 2.75) is 99.7 Å². The molecule has 5 aromatic heterocycles. The number of nitrogens with one attached hydrogen (secondary N) is 5. The number of aromatic nitrogens is 8. The van der Waals surface area contributed by atoms with Gasteiger partial charge in [-0.2, -0.15) is 15.8 Å². The van der Waals surface area contributed by atoms with Gasteiger partial charge in [0.2, 0.25) is 17.3 Å². The van der Waals surface area contributed by atoms with Gasteiger partial charge in [0.15, 0.2) is 0 Å². The fourth-order valence-electron chi connectivity index (χ4n) is 10.9. The first kappa shape index (κ1) is 74.3. The number of nitrogens with two attached hydrogens (primary N) is 1. The highest BCUT2D eigenvalue weighted by Gasteiger charge is 2.28. The van der Waals surface area contributed by atoms with Gasteiger partial charge in [-0.25, -0.2) is 24.4 Å². The molecule has 0 fully saturated rings. The van der Waals surface area contributed by atoms with Crippen LogP contribution in [0.25, 0.3) is 18.2 Å². The molecule has 0 aliphatic rings. The molecule has 504 valence electrons. The summed E-state index contributed by atoms with van der Waals surface area (Å²) in [6, 6.07) is 35.2. The van der Waals surface area contributed by atoms with Crippen LogP contribution in [0.3, 0.4) is 0 Å². The van der Waals surface area contributed by atoms with Gasteiger partial charge in [-0.3, -0.25) is 52.9 Å². The van der Waals surface area contributed by atoms with Gasteiger partial charge in [-0.05, 0) is 180 Å². The molecule has 0 unspecified atom stereocenters. The number of anilines is 2. The van der Waals surface area contributed by atoms with Crippen molar-refractivity contribution in [1.29, 1.82) is 15.8 Å². The maximum atomic E-state index is 14.0. The summed E-state index contributed by atoms with van der Waals surface area (Å²) < 4.78 is 7.69. The van der Waals surface area contributed by atoms with Crippen molar-refractivity contribution in [2.75, 3.05) is 18.2 Å². The zero-order valence-corrected chi connectivity index (χ0v) is 57.2. The molecule has 0 saturated carbocycles. The summed E-state index contributed by atoms with van der Waals surface area (Å²) in [6.07, 6.45) is 8.71. The van der Waals surface area contributed by atoms with E-state index < -0.39 is 51.1 Å². The zero-order valence-electron chi connectivity index (χ0n) is 55.7. The first-order valence-electron chi connectivity index (χ1n) is 30.8. The summed E-state index contributed by atoms with van der Waals surface area (Å²) in [4.78, 5) is 134. The number of nitrogens with zero attached hydrogens (tertiary/aromatic N) is 7. The summed E-state index contributed by atoms with van der Waals surface area (Å²) in [5, 5.41) is 30.0. The minimum atomic E-state index is -0.725. The summed E-state index contributed by atoms with van der Waals surface area (Å²) in [7, 11) is 1.61. The highest BCUT2D eigenvalue weighted by molar-refractivity contribution is 6.30. The number of methoxy groups -OCH3 is 1. The molecule has 0 atom stereocenters. The monoisotopic (exact) mass is 1370 g/mol. The van der Waals surface area contributed by atoms with E-state index in [4.69, 9.17) is 49.5 Å². The van der Waals surface area contributed by atoms with Gasteiger partial charge in [0.05, 0.1) is 44.1 Å². The van der Waals surface area contributed by atoms with Gasteiger partial charge in [0, 0.05) is 58.2 Å². The number of carbonyl (C=O) groups excluding carboxylic acids is 3. The van der Waals surface area contributed by atoms with Crippen LogP contribution in [0.15, 0.2) is 150 Å². The predicted octanol–water partition coefficient (Wildman–Crippen LogP) is 11.1. The van der Waals surface area contributed by atoms with Gasteiger partial charge in [0.1, 0.15) is 39.1 Å². The van der Waals surface area contributed by atoms with Gasteiger partial charge in [-0.1, -0.05) is 95.1 Å². The number of aromatic amines is 4. The van der Waals surface area contributed by atoms with Crippen molar-refractivity contribution >= 4 is 70.4 Å². The number of nitrogen functional groups attached to an aromatic ring is 1. The van der Waals surface area contributed by atoms with E-state index >= 15 is 0 Å². The SMILES string of the molecule is COc1ccc(CNc2cc(Cn3c(C(=O)c4cc(C)cc(/C=C/C#N)c4)c(C(C)C)c(=O)[nH]c3=O)cc(Cl)n2)cc1.Cc1cc(/C=C/C#N)cc(C(=O)c2[nH]c(=O)[nH]c(=O)c2C(C)C)c1.Cc1cc(/C=C/C#N)cc(C(=O)c2c(C(C)C)c(=O)[nH]c(=O)n2Cc2cc(N)nc(Cl)c2)c1. The molecule has 0 spiro atoms. The predicted molar refractivity (Wildman–Crippen MR) is 382 cm³/mol. The standard InChI is InChI=1S/C32H30ClN5O4.C24H22ClN5O3.C18H17N3O3/c1-19(2)28-29(30(39)24-13-20(3)12-22(14-24)6-5-11-34)38(32(41)37-31(28)40)18-23-15-26(33)36-27(16-23)35-17-21-7-9-25(42-4)10-8-21;1-13(2)20-21(22(31)17-8-14(3)7-15(9-17)5-4-6-26)30(24(33)29-23(20)32)12-16-10-18(25)28-19(27)11-16;1-10(2)14-15(20-18(24)21-17(14)23)16(22)13-8-11(3)7-12(9-13)5-4-6-19/h5-10,12-16,19H,17-18H2,1-4H3,(H,35,36)(H,37,40,41);4-5,7-11,13H,12H2,1-3H3,(H2,27,28)(H,29,32,33);4-5,7-10H,1-3H3,(H2,20,21,23,24)/b6-5+;2*5-4+. The molecule has 23 nitrogen and oxygen atoms in total. The number of pyridine rings is 2. The number of ketones is 3. The topological polar surface area (TPSA) is 371 Å². The number of aryl methyl sites for hydroxylation is 3. The number of H-pyrrole nitrogens is 4. The summed E-state index contributed by atoms with van der Waals surface area (Å²) in [5.41, 5.74) is 9.95. The van der Waals surface area contributed by atoms with E-state index in [1.807, 2.05) is 81.4 Å². The number of ether oxygens (including phenoxy) is 1. The van der Waals surface area contributed by atoms with E-state index in [0.717, 1.165) is 28.0 Å². The van der Waals surface area contributed by atoms with Crippen molar-refractivity contribution in [3.05, 3.63) is 295 Å². The second-order valence-corrected chi connectivity index (χ2v) is 24.5. The van der Waals surface area contributed by atoms with Crippen molar-refractivity contribution in [2.24, 2.45) is 0 Å². The number of carbonyl (C=O) groups is 3. The first-order chi connectivity index (χ1) is 47.0. The number of hydrogen-bond donors (Lipinski definition) is 6. The molecule has 0 aliphatic heterocycles. The maximum absolute atomic E-state index is 14.0. The molecular formula is C74H69Cl2N13O10. The van der Waals surface area contributed by atoms with E-state index in [1.54, 1.807) is 121 Å². The third-order valence-corrected chi connectivity index (χ3v) is 15.4. The molecule has 25 heteroatoms. The van der Waals surface area contributed by atoms with Crippen LogP contribution in [0.5, 0.6) is 5.75 Å². The second-order valence-electron chi connectivity index (χ2n) is 23.8. The molecule has 0 bridgehead atoms. The number of rotatable bonds is 20. The van der Waals surface area contributed by atoms with Crippen LogP contribution in [0.1, 0.15) is 174 Å². The van der Waals surface area contributed by atoms with Crippen molar-refractivity contribution in [3.8, 4) is 24.0 Å². The first-order valence-corrected chi connectivity index (χ1v) is 31.5. The second kappa shape index (κ2) is 33.5. The summed E-state index contributed by atoms with van der Waals surface area (Å²) >= 11 is 12.4. The fraction of sp³-hybridized carbons (Fsp3) is 0.216. The van der Waals surface area contributed by atoms with Crippen molar-refractivity contribution in [3.63, 3.8) is 0 Å². The van der Waals surface area contributed by atoms with Gasteiger partial charge in [0.25, 0.3) is 16.7 Å². The molecule has 7 N–H and O–H groups in total. The Bertz CT molecular complexity index is 5200. The molecule has 99 heavy (non-hydrogen) atoms.